The Morgan fingerprint density at radius 3 is 2.55 bits per heavy atom. The van der Waals surface area contributed by atoms with E-state index in [1.165, 1.54) is 0 Å². The number of unbranched alkanes of at least 4 members (excludes halogenated alkanes) is 3. The number of hydrogen-bond acceptors (Lipinski definition) is 6. The summed E-state index contributed by atoms with van der Waals surface area (Å²) in [5, 5.41) is 12.2. The molecule has 1 aromatic carbocycles. The summed E-state index contributed by atoms with van der Waals surface area (Å²) in [5.41, 5.74) is 1.63. The number of hydrogen-bond donors (Lipinski definition) is 2. The topological polar surface area (TPSA) is 116 Å². The Kier molecular flexibility index (Phi) is 9.52. The number of carbonyl (C=O) groups is 4. The molecular formula is C31H41N3O6. The molecule has 2 fully saturated rings. The quantitative estimate of drug-likeness (QED) is 0.302. The lowest BCUT2D eigenvalue weighted by atomic mass is 9.92. The van der Waals surface area contributed by atoms with Crippen molar-refractivity contribution in [3.63, 3.8) is 0 Å². The van der Waals surface area contributed by atoms with Gasteiger partial charge in [0.2, 0.25) is 11.8 Å². The lowest BCUT2D eigenvalue weighted by Gasteiger charge is -2.36. The van der Waals surface area contributed by atoms with E-state index in [0.29, 0.717) is 44.3 Å². The van der Waals surface area contributed by atoms with Gasteiger partial charge in [-0.1, -0.05) is 24.3 Å². The van der Waals surface area contributed by atoms with Gasteiger partial charge >= 0.3 is 6.09 Å². The first-order valence-electron chi connectivity index (χ1n) is 14.5. The predicted octanol–water partition coefficient (Wildman–Crippen LogP) is 3.90. The van der Waals surface area contributed by atoms with Crippen LogP contribution in [0.4, 0.5) is 4.79 Å². The number of nitrogens with zero attached hydrogens (tertiary/aromatic N) is 2. The van der Waals surface area contributed by atoms with Gasteiger partial charge in [0.15, 0.2) is 0 Å². The number of fused-ring (bicyclic) bond motifs is 1. The highest BCUT2D eigenvalue weighted by molar-refractivity contribution is 6.05. The molecule has 216 valence electrons. The number of imide groups is 1. The van der Waals surface area contributed by atoms with Gasteiger partial charge in [0, 0.05) is 43.1 Å². The summed E-state index contributed by atoms with van der Waals surface area (Å²) in [4.78, 5) is 53.1. The molecule has 1 aromatic rings. The van der Waals surface area contributed by atoms with E-state index in [9.17, 15) is 24.3 Å². The second-order valence-electron chi connectivity index (χ2n) is 12.0. The largest absolute Gasteiger partial charge is 0.444 e. The molecule has 0 aromatic heterocycles. The van der Waals surface area contributed by atoms with E-state index in [0.717, 1.165) is 43.2 Å². The molecule has 2 heterocycles. The van der Waals surface area contributed by atoms with Crippen molar-refractivity contribution in [1.29, 1.82) is 0 Å². The number of benzene rings is 1. The van der Waals surface area contributed by atoms with E-state index in [-0.39, 0.29) is 36.5 Å². The molecule has 1 atom stereocenters. The summed E-state index contributed by atoms with van der Waals surface area (Å²) >= 11 is 0. The molecule has 4 rings (SSSR count). The van der Waals surface area contributed by atoms with Gasteiger partial charge in [0.05, 0.1) is 6.10 Å². The number of rotatable bonds is 7. The number of carbonyl (C=O) groups excluding carboxylic acids is 4. The van der Waals surface area contributed by atoms with Crippen LogP contribution in [-0.4, -0.2) is 69.1 Å². The van der Waals surface area contributed by atoms with Crippen LogP contribution in [0.5, 0.6) is 0 Å². The molecule has 1 saturated heterocycles. The fourth-order valence-corrected chi connectivity index (χ4v) is 5.65. The number of aliphatic hydroxyl groups is 1. The van der Waals surface area contributed by atoms with E-state index in [2.05, 4.69) is 17.2 Å². The second kappa shape index (κ2) is 12.9. The zero-order valence-electron chi connectivity index (χ0n) is 23.8. The fourth-order valence-electron chi connectivity index (χ4n) is 5.65. The van der Waals surface area contributed by atoms with Crippen LogP contribution in [0, 0.1) is 11.8 Å². The van der Waals surface area contributed by atoms with Crippen molar-refractivity contribution in [2.45, 2.75) is 115 Å². The SMILES string of the molecule is CC(C)(C)OC(=O)N(CCCCCC#Cc1cccc2c1CN(C1CCC(=O)NC1=O)C2=O)[C@H]1CC[C@H](O)CC1. The first kappa shape index (κ1) is 29.6. The molecule has 9 heteroatoms. The van der Waals surface area contributed by atoms with Gasteiger partial charge in [-0.2, -0.15) is 0 Å². The van der Waals surface area contributed by atoms with Crippen LogP contribution in [-0.2, 0) is 20.9 Å². The number of piperidine rings is 1. The maximum absolute atomic E-state index is 13.0. The highest BCUT2D eigenvalue weighted by Crippen LogP contribution is 2.30. The normalized spacial score (nSPS) is 22.8. The van der Waals surface area contributed by atoms with Gasteiger partial charge in [-0.15, -0.1) is 0 Å². The fraction of sp³-hybridized carbons (Fsp3) is 0.613. The Morgan fingerprint density at radius 1 is 1.10 bits per heavy atom. The minimum absolute atomic E-state index is 0.0978. The number of amides is 4. The molecular weight excluding hydrogens is 510 g/mol. The Labute approximate surface area is 236 Å². The van der Waals surface area contributed by atoms with Crippen LogP contribution in [0.3, 0.4) is 0 Å². The molecule has 4 amide bonds. The number of nitrogens with one attached hydrogen (secondary N) is 1. The van der Waals surface area contributed by atoms with E-state index in [1.807, 2.05) is 37.8 Å². The van der Waals surface area contributed by atoms with E-state index in [1.54, 1.807) is 11.0 Å². The second-order valence-corrected chi connectivity index (χ2v) is 12.0. The standard InChI is InChI=1S/C31H41N3O6/c1-31(2,3)40-30(39)33(22-13-15-23(35)16-14-22)19-8-6-4-5-7-10-21-11-9-12-24-25(21)20-34(29(24)38)26-17-18-27(36)32-28(26)37/h9,11-12,22-23,26,35H,4-6,8,13-20H2,1-3H3,(H,32,36,37)/t22-,23-,26?. The van der Waals surface area contributed by atoms with Crippen molar-refractivity contribution in [2.24, 2.45) is 0 Å². The summed E-state index contributed by atoms with van der Waals surface area (Å²) in [6.45, 7) is 6.54. The lowest BCUT2D eigenvalue weighted by molar-refractivity contribution is -0.136. The van der Waals surface area contributed by atoms with E-state index < -0.39 is 17.6 Å². The molecule has 0 spiro atoms. The van der Waals surface area contributed by atoms with Crippen molar-refractivity contribution in [2.75, 3.05) is 6.54 Å². The molecule has 1 aliphatic carbocycles. The molecule has 2 aliphatic heterocycles. The van der Waals surface area contributed by atoms with Crippen molar-refractivity contribution >= 4 is 23.8 Å². The highest BCUT2D eigenvalue weighted by atomic mass is 16.6. The van der Waals surface area contributed by atoms with Crippen molar-refractivity contribution in [3.8, 4) is 11.8 Å². The molecule has 40 heavy (non-hydrogen) atoms. The van der Waals surface area contributed by atoms with Gasteiger partial charge < -0.3 is 19.6 Å². The third-order valence-corrected chi connectivity index (χ3v) is 7.74. The van der Waals surface area contributed by atoms with Gasteiger partial charge in [-0.05, 0) is 83.4 Å². The molecule has 0 radical (unpaired) electrons. The van der Waals surface area contributed by atoms with Crippen LogP contribution in [0.25, 0.3) is 0 Å². The van der Waals surface area contributed by atoms with E-state index in [4.69, 9.17) is 4.74 Å². The van der Waals surface area contributed by atoms with Gasteiger partial charge in [-0.25, -0.2) is 4.79 Å². The monoisotopic (exact) mass is 551 g/mol. The summed E-state index contributed by atoms with van der Waals surface area (Å²) in [6, 6.07) is 4.92. The highest BCUT2D eigenvalue weighted by Gasteiger charge is 2.39. The molecule has 1 unspecified atom stereocenters. The molecule has 3 aliphatic rings. The Morgan fingerprint density at radius 2 is 1.85 bits per heavy atom. The van der Waals surface area contributed by atoms with Crippen LogP contribution in [0.15, 0.2) is 18.2 Å². The summed E-state index contributed by atoms with van der Waals surface area (Å²) < 4.78 is 5.66. The van der Waals surface area contributed by atoms with Gasteiger partial charge in [0.25, 0.3) is 5.91 Å². The Bertz CT molecular complexity index is 1190. The summed E-state index contributed by atoms with van der Waals surface area (Å²) in [5.74, 6) is 5.52. The third kappa shape index (κ3) is 7.42. The molecule has 0 bridgehead atoms. The molecule has 9 nitrogen and oxygen atoms in total. The number of aliphatic hydroxyl groups excluding tert-OH is 1. The minimum atomic E-state index is -0.641. The smallest absolute Gasteiger partial charge is 0.410 e. The maximum Gasteiger partial charge on any atom is 0.410 e. The zero-order valence-corrected chi connectivity index (χ0v) is 23.8. The van der Waals surface area contributed by atoms with Crippen LogP contribution < -0.4 is 5.32 Å². The first-order chi connectivity index (χ1) is 19.0. The van der Waals surface area contributed by atoms with Gasteiger partial charge in [0.1, 0.15) is 11.6 Å². The average Bonchev–Trinajstić information content (AvgIpc) is 3.22. The van der Waals surface area contributed by atoms with Gasteiger partial charge in [-0.3, -0.25) is 19.7 Å². The lowest BCUT2D eigenvalue weighted by Crippen LogP contribution is -2.52. The zero-order chi connectivity index (χ0) is 28.9. The Balaban J connectivity index is 1.28. The summed E-state index contributed by atoms with van der Waals surface area (Å²) in [7, 11) is 0. The summed E-state index contributed by atoms with van der Waals surface area (Å²) in [6.07, 6.45) is 6.32. The first-order valence-corrected chi connectivity index (χ1v) is 14.5. The van der Waals surface area contributed by atoms with Crippen molar-refractivity contribution < 1.29 is 29.0 Å². The van der Waals surface area contributed by atoms with Crippen LogP contribution in [0.1, 0.15) is 106 Å². The molecule has 1 saturated carbocycles. The van der Waals surface area contributed by atoms with Crippen molar-refractivity contribution in [3.05, 3.63) is 34.9 Å². The maximum atomic E-state index is 13.0. The predicted molar refractivity (Wildman–Crippen MR) is 149 cm³/mol. The molecule has 2 N–H and O–H groups in total. The Hall–Kier alpha value is -3.38. The third-order valence-electron chi connectivity index (χ3n) is 7.74. The number of ether oxygens (including phenoxy) is 1. The van der Waals surface area contributed by atoms with Crippen LogP contribution in [0.2, 0.25) is 0 Å². The van der Waals surface area contributed by atoms with E-state index >= 15 is 0 Å². The average molecular weight is 552 g/mol. The van der Waals surface area contributed by atoms with Crippen molar-refractivity contribution in [1.82, 2.24) is 15.1 Å². The van der Waals surface area contributed by atoms with Crippen LogP contribution >= 0.6 is 0 Å². The minimum Gasteiger partial charge on any atom is -0.444 e.